The second-order valence-electron chi connectivity index (χ2n) is 5.17. The molecule has 1 aliphatic carbocycles. The number of benzene rings is 1. The van der Waals surface area contributed by atoms with Crippen LogP contribution >= 0.6 is 11.3 Å². The molecule has 1 N–H and O–H groups in total. The molecule has 0 fully saturated rings. The molecular formula is C16H13FN4S. The second kappa shape index (κ2) is 5.46. The lowest BCUT2D eigenvalue weighted by molar-refractivity contribution is 0.630. The molecule has 110 valence electrons. The van der Waals surface area contributed by atoms with Crippen LogP contribution in [-0.4, -0.2) is 15.7 Å². The summed E-state index contributed by atoms with van der Waals surface area (Å²) in [6.45, 7) is 0. The van der Waals surface area contributed by atoms with Crippen LogP contribution < -0.4 is 5.43 Å². The minimum absolute atomic E-state index is 0.251. The standard InChI is InChI=1S/C16H13FN4S/c17-11-6-7-12-14(9-11)22-16(19-12)21-20-13-5-1-3-10-4-2-8-18-15(10)13/h2,4,6-9H,1,3,5H2,(H,19,21)/b20-13+. The van der Waals surface area contributed by atoms with Crippen molar-refractivity contribution in [1.29, 1.82) is 0 Å². The van der Waals surface area contributed by atoms with Gasteiger partial charge in [0.25, 0.3) is 0 Å². The summed E-state index contributed by atoms with van der Waals surface area (Å²) in [5.74, 6) is -0.251. The van der Waals surface area contributed by atoms with Gasteiger partial charge in [0, 0.05) is 6.20 Å². The molecule has 2 heterocycles. The van der Waals surface area contributed by atoms with E-state index >= 15 is 0 Å². The third kappa shape index (κ3) is 2.46. The Morgan fingerprint density at radius 2 is 2.18 bits per heavy atom. The number of aryl methyl sites for hydroxylation is 1. The molecule has 6 heteroatoms. The molecule has 1 aliphatic rings. The van der Waals surface area contributed by atoms with E-state index < -0.39 is 0 Å². The van der Waals surface area contributed by atoms with Crippen LogP contribution in [0.25, 0.3) is 10.2 Å². The highest BCUT2D eigenvalue weighted by Gasteiger charge is 2.16. The number of nitrogens with zero attached hydrogens (tertiary/aromatic N) is 3. The molecule has 0 amide bonds. The van der Waals surface area contributed by atoms with Gasteiger partial charge in [-0.25, -0.2) is 9.37 Å². The average Bonchev–Trinajstić information content (AvgIpc) is 2.95. The summed E-state index contributed by atoms with van der Waals surface area (Å²) in [6, 6.07) is 8.63. The van der Waals surface area contributed by atoms with Crippen LogP contribution in [0.3, 0.4) is 0 Å². The highest BCUT2D eigenvalue weighted by Crippen LogP contribution is 2.27. The summed E-state index contributed by atoms with van der Waals surface area (Å²) in [5, 5.41) is 5.13. The monoisotopic (exact) mass is 312 g/mol. The maximum atomic E-state index is 13.2. The molecule has 4 rings (SSSR count). The summed E-state index contributed by atoms with van der Waals surface area (Å²) in [4.78, 5) is 8.84. The fraction of sp³-hybridized carbons (Fsp3) is 0.188. The number of thiazole rings is 1. The molecule has 2 aromatic heterocycles. The van der Waals surface area contributed by atoms with Gasteiger partial charge in [0.05, 0.1) is 21.6 Å². The lowest BCUT2D eigenvalue weighted by atomic mass is 9.95. The Bertz CT molecular complexity index is 871. The normalized spacial score (nSPS) is 16.0. The van der Waals surface area contributed by atoms with Gasteiger partial charge in [0.1, 0.15) is 5.82 Å². The number of aromatic nitrogens is 2. The van der Waals surface area contributed by atoms with E-state index in [0.717, 1.165) is 40.9 Å². The van der Waals surface area contributed by atoms with E-state index in [1.54, 1.807) is 12.3 Å². The molecule has 1 aromatic carbocycles. The quantitative estimate of drug-likeness (QED) is 0.728. The number of fused-ring (bicyclic) bond motifs is 2. The summed E-state index contributed by atoms with van der Waals surface area (Å²) in [6.07, 6.45) is 4.81. The van der Waals surface area contributed by atoms with E-state index in [1.165, 1.54) is 29.0 Å². The molecule has 0 saturated carbocycles. The van der Waals surface area contributed by atoms with Crippen molar-refractivity contribution in [3.63, 3.8) is 0 Å². The number of hydrogen-bond acceptors (Lipinski definition) is 5. The van der Waals surface area contributed by atoms with Crippen LogP contribution in [0, 0.1) is 5.82 Å². The van der Waals surface area contributed by atoms with Gasteiger partial charge < -0.3 is 0 Å². The van der Waals surface area contributed by atoms with Crippen LogP contribution in [0.1, 0.15) is 24.1 Å². The molecule has 0 spiro atoms. The van der Waals surface area contributed by atoms with Crippen LogP contribution in [0.5, 0.6) is 0 Å². The number of anilines is 1. The van der Waals surface area contributed by atoms with Crippen molar-refractivity contribution >= 4 is 32.4 Å². The van der Waals surface area contributed by atoms with E-state index in [2.05, 4.69) is 26.6 Å². The van der Waals surface area contributed by atoms with Gasteiger partial charge in [-0.1, -0.05) is 17.4 Å². The molecule has 0 atom stereocenters. The van der Waals surface area contributed by atoms with Crippen LogP contribution in [0.15, 0.2) is 41.6 Å². The van der Waals surface area contributed by atoms with E-state index in [4.69, 9.17) is 0 Å². The molecule has 0 saturated heterocycles. The van der Waals surface area contributed by atoms with Crippen molar-refractivity contribution in [2.75, 3.05) is 5.43 Å². The topological polar surface area (TPSA) is 50.2 Å². The number of rotatable bonds is 2. The molecule has 4 nitrogen and oxygen atoms in total. The van der Waals surface area contributed by atoms with Gasteiger partial charge in [0.15, 0.2) is 0 Å². The van der Waals surface area contributed by atoms with Crippen molar-refractivity contribution in [1.82, 2.24) is 9.97 Å². The van der Waals surface area contributed by atoms with Gasteiger partial charge in [-0.3, -0.25) is 10.4 Å². The maximum Gasteiger partial charge on any atom is 0.204 e. The SMILES string of the molecule is Fc1ccc2nc(N/N=C3\CCCc4cccnc43)sc2c1. The largest absolute Gasteiger partial charge is 0.255 e. The van der Waals surface area contributed by atoms with E-state index in [9.17, 15) is 4.39 Å². The van der Waals surface area contributed by atoms with Gasteiger partial charge >= 0.3 is 0 Å². The lowest BCUT2D eigenvalue weighted by Crippen LogP contribution is -2.15. The zero-order valence-electron chi connectivity index (χ0n) is 11.7. The molecular weight excluding hydrogens is 299 g/mol. The number of halogens is 1. The van der Waals surface area contributed by atoms with E-state index in [0.29, 0.717) is 5.13 Å². The Kier molecular flexibility index (Phi) is 3.31. The number of nitrogens with one attached hydrogen (secondary N) is 1. The van der Waals surface area contributed by atoms with Gasteiger partial charge in [-0.15, -0.1) is 0 Å². The summed E-state index contributed by atoms with van der Waals surface area (Å²) in [5.41, 5.74) is 6.93. The van der Waals surface area contributed by atoms with Gasteiger partial charge in [0.2, 0.25) is 5.13 Å². The average molecular weight is 312 g/mol. The fourth-order valence-corrected chi connectivity index (χ4v) is 3.47. The van der Waals surface area contributed by atoms with Crippen molar-refractivity contribution in [3.05, 3.63) is 53.6 Å². The number of hydrazone groups is 1. The minimum atomic E-state index is -0.251. The Morgan fingerprint density at radius 1 is 1.23 bits per heavy atom. The summed E-state index contributed by atoms with van der Waals surface area (Å²) < 4.78 is 14.0. The summed E-state index contributed by atoms with van der Waals surface area (Å²) in [7, 11) is 0. The minimum Gasteiger partial charge on any atom is -0.255 e. The Balaban J connectivity index is 1.63. The highest BCUT2D eigenvalue weighted by atomic mass is 32.1. The smallest absolute Gasteiger partial charge is 0.204 e. The van der Waals surface area contributed by atoms with E-state index in [-0.39, 0.29) is 5.82 Å². The molecule has 0 aliphatic heterocycles. The Labute approximate surface area is 130 Å². The van der Waals surface area contributed by atoms with E-state index in [1.807, 2.05) is 6.07 Å². The molecule has 3 aromatic rings. The Hall–Kier alpha value is -2.34. The third-order valence-corrected chi connectivity index (χ3v) is 4.58. The lowest BCUT2D eigenvalue weighted by Gasteiger charge is -2.15. The zero-order valence-corrected chi connectivity index (χ0v) is 12.5. The van der Waals surface area contributed by atoms with Crippen molar-refractivity contribution in [3.8, 4) is 0 Å². The van der Waals surface area contributed by atoms with Crippen molar-refractivity contribution < 1.29 is 4.39 Å². The van der Waals surface area contributed by atoms with Crippen LogP contribution in [0.4, 0.5) is 9.52 Å². The molecule has 0 radical (unpaired) electrons. The summed E-state index contributed by atoms with van der Waals surface area (Å²) >= 11 is 1.39. The van der Waals surface area contributed by atoms with Gasteiger partial charge in [-0.05, 0) is 49.1 Å². The second-order valence-corrected chi connectivity index (χ2v) is 6.20. The van der Waals surface area contributed by atoms with Crippen LogP contribution in [-0.2, 0) is 6.42 Å². The zero-order chi connectivity index (χ0) is 14.9. The predicted octanol–water partition coefficient (Wildman–Crippen LogP) is 3.98. The highest BCUT2D eigenvalue weighted by molar-refractivity contribution is 7.22. The third-order valence-electron chi connectivity index (χ3n) is 3.66. The maximum absolute atomic E-state index is 13.2. The Morgan fingerprint density at radius 3 is 3.14 bits per heavy atom. The first-order valence-corrected chi connectivity index (χ1v) is 7.94. The molecule has 0 unspecified atom stereocenters. The molecule has 22 heavy (non-hydrogen) atoms. The predicted molar refractivity (Wildman–Crippen MR) is 86.9 cm³/mol. The van der Waals surface area contributed by atoms with Crippen molar-refractivity contribution in [2.24, 2.45) is 5.10 Å². The first-order valence-electron chi connectivity index (χ1n) is 7.12. The first kappa shape index (κ1) is 13.3. The fourth-order valence-electron chi connectivity index (χ4n) is 2.64. The number of hydrogen-bond donors (Lipinski definition) is 1. The van der Waals surface area contributed by atoms with Gasteiger partial charge in [-0.2, -0.15) is 5.10 Å². The van der Waals surface area contributed by atoms with Crippen LogP contribution in [0.2, 0.25) is 0 Å². The first-order chi connectivity index (χ1) is 10.8. The number of pyridine rings is 1. The molecule has 0 bridgehead atoms. The van der Waals surface area contributed by atoms with Crippen molar-refractivity contribution in [2.45, 2.75) is 19.3 Å².